The van der Waals surface area contributed by atoms with E-state index in [1.54, 1.807) is 6.08 Å². The van der Waals surface area contributed by atoms with E-state index in [4.69, 9.17) is 0 Å². The Morgan fingerprint density at radius 2 is 2.07 bits per heavy atom. The van der Waals surface area contributed by atoms with Crippen LogP contribution in [-0.2, 0) is 6.42 Å². The molecule has 0 fully saturated rings. The summed E-state index contributed by atoms with van der Waals surface area (Å²) in [6, 6.07) is 10.4. The monoisotopic (exact) mass is 205 g/mol. The number of hydrogen-bond acceptors (Lipinski definition) is 2. The third-order valence-corrected chi connectivity index (χ3v) is 2.48. The van der Waals surface area contributed by atoms with Crippen LogP contribution in [0.15, 0.2) is 43.0 Å². The minimum atomic E-state index is -0.527. The Labute approximate surface area is 91.9 Å². The average Bonchev–Trinajstić information content (AvgIpc) is 2.29. The number of hydrogen-bond donors (Lipinski definition) is 1. The van der Waals surface area contributed by atoms with Crippen molar-refractivity contribution in [2.75, 3.05) is 13.6 Å². The molecule has 0 aliphatic carbocycles. The van der Waals surface area contributed by atoms with Crippen LogP contribution >= 0.6 is 0 Å². The molecule has 0 aliphatic rings. The average molecular weight is 205 g/mol. The van der Waals surface area contributed by atoms with E-state index in [0.29, 0.717) is 0 Å². The summed E-state index contributed by atoms with van der Waals surface area (Å²) in [5.41, 5.74) is 1.35. The van der Waals surface area contributed by atoms with Crippen molar-refractivity contribution in [1.82, 2.24) is 4.90 Å². The normalized spacial score (nSPS) is 12.7. The molecule has 82 valence electrons. The van der Waals surface area contributed by atoms with Gasteiger partial charge in [-0.1, -0.05) is 36.9 Å². The highest BCUT2D eigenvalue weighted by Gasteiger charge is 2.05. The summed E-state index contributed by atoms with van der Waals surface area (Å²) in [4.78, 5) is 1.88. The highest BCUT2D eigenvalue weighted by molar-refractivity contribution is 5.14. The third kappa shape index (κ3) is 4.28. The van der Waals surface area contributed by atoms with Crippen LogP contribution in [0.3, 0.4) is 0 Å². The SMILES string of the molecule is C=C[C@@H](O)N(C)CCCc1ccccc1. The zero-order valence-corrected chi connectivity index (χ0v) is 9.26. The minimum Gasteiger partial charge on any atom is -0.375 e. The number of aliphatic hydroxyl groups excluding tert-OH is 1. The van der Waals surface area contributed by atoms with Gasteiger partial charge >= 0.3 is 0 Å². The Morgan fingerprint density at radius 3 is 2.67 bits per heavy atom. The van der Waals surface area contributed by atoms with Gasteiger partial charge in [0.2, 0.25) is 0 Å². The molecular weight excluding hydrogens is 186 g/mol. The molecule has 2 nitrogen and oxygen atoms in total. The molecule has 0 saturated carbocycles. The number of rotatable bonds is 6. The van der Waals surface area contributed by atoms with E-state index in [0.717, 1.165) is 19.4 Å². The first-order valence-electron chi connectivity index (χ1n) is 5.29. The fourth-order valence-electron chi connectivity index (χ4n) is 1.49. The molecule has 1 rings (SSSR count). The lowest BCUT2D eigenvalue weighted by Crippen LogP contribution is -2.30. The standard InChI is InChI=1S/C13H19NO/c1-3-13(15)14(2)11-7-10-12-8-5-4-6-9-12/h3-6,8-9,13,15H,1,7,10-11H2,2H3/t13-/m1/s1. The topological polar surface area (TPSA) is 23.5 Å². The molecule has 0 unspecified atom stereocenters. The lowest BCUT2D eigenvalue weighted by Gasteiger charge is -2.20. The molecule has 0 bridgehead atoms. The molecule has 0 saturated heterocycles. The number of benzene rings is 1. The summed E-state index contributed by atoms with van der Waals surface area (Å²) in [7, 11) is 1.90. The molecule has 0 heterocycles. The van der Waals surface area contributed by atoms with Crippen LogP contribution in [0.1, 0.15) is 12.0 Å². The Morgan fingerprint density at radius 1 is 1.40 bits per heavy atom. The van der Waals surface area contributed by atoms with E-state index in [1.807, 2.05) is 18.0 Å². The van der Waals surface area contributed by atoms with Gasteiger partial charge < -0.3 is 5.11 Å². The molecule has 1 aromatic carbocycles. The van der Waals surface area contributed by atoms with Crippen molar-refractivity contribution >= 4 is 0 Å². The van der Waals surface area contributed by atoms with Crippen molar-refractivity contribution in [2.45, 2.75) is 19.1 Å². The van der Waals surface area contributed by atoms with Gasteiger partial charge in [0.25, 0.3) is 0 Å². The first-order chi connectivity index (χ1) is 7.24. The number of aliphatic hydroxyl groups is 1. The Kier molecular flexibility index (Phi) is 5.08. The molecular formula is C13H19NO. The van der Waals surface area contributed by atoms with E-state index in [9.17, 15) is 5.11 Å². The summed E-state index contributed by atoms with van der Waals surface area (Å²) in [6.45, 7) is 4.43. The molecule has 1 atom stereocenters. The fourth-order valence-corrected chi connectivity index (χ4v) is 1.49. The maximum atomic E-state index is 9.43. The van der Waals surface area contributed by atoms with Crippen molar-refractivity contribution in [2.24, 2.45) is 0 Å². The number of likely N-dealkylation sites (N-methyl/N-ethyl adjacent to an activating group) is 1. The van der Waals surface area contributed by atoms with Gasteiger partial charge in [-0.05, 0) is 31.5 Å². The van der Waals surface area contributed by atoms with Gasteiger partial charge in [-0.2, -0.15) is 0 Å². The van der Waals surface area contributed by atoms with Gasteiger partial charge in [0.1, 0.15) is 6.23 Å². The van der Waals surface area contributed by atoms with Gasteiger partial charge in [0, 0.05) is 6.54 Å². The lowest BCUT2D eigenvalue weighted by molar-refractivity contribution is 0.0624. The van der Waals surface area contributed by atoms with Crippen LogP contribution in [0.25, 0.3) is 0 Å². The van der Waals surface area contributed by atoms with Crippen molar-refractivity contribution in [3.63, 3.8) is 0 Å². The summed E-state index contributed by atoms with van der Waals surface area (Å²) >= 11 is 0. The maximum Gasteiger partial charge on any atom is 0.126 e. The molecule has 2 heteroatoms. The molecule has 0 aliphatic heterocycles. The second kappa shape index (κ2) is 6.38. The maximum absolute atomic E-state index is 9.43. The third-order valence-electron chi connectivity index (χ3n) is 2.48. The van der Waals surface area contributed by atoms with Gasteiger partial charge in [-0.15, -0.1) is 0 Å². The van der Waals surface area contributed by atoms with Crippen molar-refractivity contribution in [3.8, 4) is 0 Å². The van der Waals surface area contributed by atoms with Crippen LogP contribution in [0.4, 0.5) is 0 Å². The molecule has 1 aromatic rings. The predicted molar refractivity (Wildman–Crippen MR) is 63.6 cm³/mol. The largest absolute Gasteiger partial charge is 0.375 e. The fraction of sp³-hybridized carbons (Fsp3) is 0.385. The zero-order chi connectivity index (χ0) is 11.1. The molecule has 0 aromatic heterocycles. The molecule has 0 radical (unpaired) electrons. The Bertz CT molecular complexity index is 284. The smallest absolute Gasteiger partial charge is 0.126 e. The van der Waals surface area contributed by atoms with Crippen LogP contribution in [0.2, 0.25) is 0 Å². The summed E-state index contributed by atoms with van der Waals surface area (Å²) in [6.07, 6.45) is 3.11. The van der Waals surface area contributed by atoms with Gasteiger partial charge in [0.05, 0.1) is 0 Å². The summed E-state index contributed by atoms with van der Waals surface area (Å²) in [5, 5.41) is 9.43. The highest BCUT2D eigenvalue weighted by atomic mass is 16.3. The molecule has 15 heavy (non-hydrogen) atoms. The zero-order valence-electron chi connectivity index (χ0n) is 9.26. The highest BCUT2D eigenvalue weighted by Crippen LogP contribution is 2.04. The van der Waals surface area contributed by atoms with E-state index in [-0.39, 0.29) is 0 Å². The lowest BCUT2D eigenvalue weighted by atomic mass is 10.1. The quantitative estimate of drug-likeness (QED) is 0.567. The Balaban J connectivity index is 2.25. The summed E-state index contributed by atoms with van der Waals surface area (Å²) < 4.78 is 0. The van der Waals surface area contributed by atoms with Crippen LogP contribution in [-0.4, -0.2) is 29.8 Å². The van der Waals surface area contributed by atoms with E-state index in [2.05, 4.69) is 30.8 Å². The second-order valence-corrected chi connectivity index (χ2v) is 3.72. The summed E-state index contributed by atoms with van der Waals surface area (Å²) in [5.74, 6) is 0. The van der Waals surface area contributed by atoms with Gasteiger partial charge in [0.15, 0.2) is 0 Å². The predicted octanol–water partition coefficient (Wildman–Crippen LogP) is 2.06. The number of aryl methyl sites for hydroxylation is 1. The second-order valence-electron chi connectivity index (χ2n) is 3.72. The molecule has 0 spiro atoms. The van der Waals surface area contributed by atoms with Crippen molar-refractivity contribution in [1.29, 1.82) is 0 Å². The first kappa shape index (κ1) is 12.0. The Hall–Kier alpha value is -1.12. The first-order valence-corrected chi connectivity index (χ1v) is 5.29. The van der Waals surface area contributed by atoms with Crippen molar-refractivity contribution < 1.29 is 5.11 Å². The van der Waals surface area contributed by atoms with Crippen LogP contribution in [0, 0.1) is 0 Å². The van der Waals surface area contributed by atoms with E-state index >= 15 is 0 Å². The van der Waals surface area contributed by atoms with E-state index < -0.39 is 6.23 Å². The van der Waals surface area contributed by atoms with E-state index in [1.165, 1.54) is 5.56 Å². The minimum absolute atomic E-state index is 0.527. The van der Waals surface area contributed by atoms with Gasteiger partial charge in [-0.25, -0.2) is 0 Å². The van der Waals surface area contributed by atoms with Crippen LogP contribution in [0.5, 0.6) is 0 Å². The van der Waals surface area contributed by atoms with Crippen molar-refractivity contribution in [3.05, 3.63) is 48.6 Å². The molecule has 0 amide bonds. The molecule has 1 N–H and O–H groups in total. The number of nitrogens with zero attached hydrogens (tertiary/aromatic N) is 1. The van der Waals surface area contributed by atoms with Gasteiger partial charge in [-0.3, -0.25) is 4.90 Å². The van der Waals surface area contributed by atoms with Crippen LogP contribution < -0.4 is 0 Å².